The van der Waals surface area contributed by atoms with Crippen molar-refractivity contribution in [1.82, 2.24) is 30.1 Å². The summed E-state index contributed by atoms with van der Waals surface area (Å²) in [6.07, 6.45) is 3.58. The third-order valence-corrected chi connectivity index (χ3v) is 6.45. The minimum absolute atomic E-state index is 0.0813. The summed E-state index contributed by atoms with van der Waals surface area (Å²) in [5, 5.41) is 23.1. The van der Waals surface area contributed by atoms with E-state index in [-0.39, 0.29) is 24.3 Å². The Hall–Kier alpha value is -2.62. The second kappa shape index (κ2) is 10.5. The molecule has 178 valence electrons. The van der Waals surface area contributed by atoms with Gasteiger partial charge in [-0.1, -0.05) is 13.0 Å². The van der Waals surface area contributed by atoms with Crippen LogP contribution in [0.15, 0.2) is 23.0 Å². The molecule has 0 bridgehead atoms. The van der Waals surface area contributed by atoms with Crippen molar-refractivity contribution in [3.8, 4) is 0 Å². The Balaban J connectivity index is 1.65. The van der Waals surface area contributed by atoms with E-state index < -0.39 is 0 Å². The molecule has 3 heterocycles. The van der Waals surface area contributed by atoms with Crippen molar-refractivity contribution < 1.29 is 9.84 Å². The Labute approximate surface area is 193 Å². The highest BCUT2D eigenvalue weighted by molar-refractivity contribution is 5.83. The molecule has 0 radical (unpaired) electrons. The number of ether oxygens (including phenoxy) is 1. The number of nitrogens with zero attached hydrogens (tertiary/aromatic N) is 5. The third kappa shape index (κ3) is 5.31. The molecule has 2 atom stereocenters. The molecule has 1 aliphatic heterocycles. The smallest absolute Gasteiger partial charge is 0.252 e. The van der Waals surface area contributed by atoms with Gasteiger partial charge in [0.25, 0.3) is 5.56 Å². The predicted octanol–water partition coefficient (Wildman–Crippen LogP) is 2.65. The Morgan fingerprint density at radius 2 is 2.18 bits per heavy atom. The van der Waals surface area contributed by atoms with Crippen LogP contribution in [0.2, 0.25) is 0 Å². The first-order valence-electron chi connectivity index (χ1n) is 11.9. The molecule has 1 fully saturated rings. The zero-order chi connectivity index (χ0) is 23.4. The number of aliphatic hydroxyl groups is 1. The first kappa shape index (κ1) is 23.5. The fourth-order valence-corrected chi connectivity index (χ4v) is 4.84. The zero-order valence-corrected chi connectivity index (χ0v) is 19.8. The van der Waals surface area contributed by atoms with E-state index in [2.05, 4.69) is 45.3 Å². The van der Waals surface area contributed by atoms with E-state index in [1.165, 1.54) is 0 Å². The molecular weight excluding hydrogens is 420 g/mol. The van der Waals surface area contributed by atoms with Gasteiger partial charge in [0.2, 0.25) is 0 Å². The Bertz CT molecular complexity index is 1130. The van der Waals surface area contributed by atoms with E-state index >= 15 is 0 Å². The van der Waals surface area contributed by atoms with Gasteiger partial charge in [-0.15, -0.1) is 5.10 Å². The van der Waals surface area contributed by atoms with E-state index in [9.17, 15) is 9.90 Å². The van der Waals surface area contributed by atoms with Crippen LogP contribution < -0.4 is 5.56 Å². The van der Waals surface area contributed by atoms with Crippen LogP contribution in [0.25, 0.3) is 10.9 Å². The van der Waals surface area contributed by atoms with Gasteiger partial charge in [-0.05, 0) is 73.2 Å². The lowest BCUT2D eigenvalue weighted by Gasteiger charge is -2.30. The van der Waals surface area contributed by atoms with Crippen LogP contribution in [0.5, 0.6) is 0 Å². The molecule has 1 aromatic carbocycles. The maximum atomic E-state index is 13.0. The number of aryl methyl sites for hydroxylation is 2. The SMILES string of the molecule is CC[C@@H](c1nnnn1C[C@H]1CCCO1)N(CCCO)Cc1cc2c(C)cc(C)cc2[nH]c1=O. The van der Waals surface area contributed by atoms with Gasteiger partial charge in [-0.3, -0.25) is 9.69 Å². The van der Waals surface area contributed by atoms with Crippen LogP contribution in [0.1, 0.15) is 61.2 Å². The van der Waals surface area contributed by atoms with E-state index in [4.69, 9.17) is 4.74 Å². The average molecular weight is 455 g/mol. The van der Waals surface area contributed by atoms with Crippen molar-refractivity contribution >= 4 is 10.9 Å². The first-order valence-corrected chi connectivity index (χ1v) is 11.9. The normalized spacial score (nSPS) is 17.3. The molecule has 4 rings (SSSR count). The highest BCUT2D eigenvalue weighted by Gasteiger charge is 2.27. The summed E-state index contributed by atoms with van der Waals surface area (Å²) >= 11 is 0. The van der Waals surface area contributed by atoms with Gasteiger partial charge in [0.15, 0.2) is 5.82 Å². The average Bonchev–Trinajstić information content (AvgIpc) is 3.46. The third-order valence-electron chi connectivity index (χ3n) is 6.45. The summed E-state index contributed by atoms with van der Waals surface area (Å²) in [6.45, 7) is 8.76. The van der Waals surface area contributed by atoms with Crippen LogP contribution in [0.3, 0.4) is 0 Å². The molecule has 0 amide bonds. The molecule has 1 aliphatic rings. The van der Waals surface area contributed by atoms with Crippen molar-refractivity contribution in [2.45, 2.75) is 71.7 Å². The van der Waals surface area contributed by atoms with Gasteiger partial charge in [0.1, 0.15) is 0 Å². The number of rotatable bonds is 10. The van der Waals surface area contributed by atoms with Crippen molar-refractivity contribution in [3.63, 3.8) is 0 Å². The van der Waals surface area contributed by atoms with Crippen molar-refractivity contribution in [2.75, 3.05) is 19.8 Å². The molecule has 0 unspecified atom stereocenters. The molecule has 0 aliphatic carbocycles. The van der Waals surface area contributed by atoms with Gasteiger partial charge in [-0.25, -0.2) is 4.68 Å². The summed E-state index contributed by atoms with van der Waals surface area (Å²) in [6, 6.07) is 6.05. The molecular formula is C24H34N6O3. The molecule has 33 heavy (non-hydrogen) atoms. The fraction of sp³-hybridized carbons (Fsp3) is 0.583. The van der Waals surface area contributed by atoms with Gasteiger partial charge in [0, 0.05) is 42.8 Å². The monoisotopic (exact) mass is 454 g/mol. The molecule has 3 aromatic rings. The number of benzene rings is 1. The topological polar surface area (TPSA) is 109 Å². The van der Waals surface area contributed by atoms with Crippen molar-refractivity contribution in [3.05, 3.63) is 51.1 Å². The van der Waals surface area contributed by atoms with Crippen LogP contribution in [0.4, 0.5) is 0 Å². The van der Waals surface area contributed by atoms with Gasteiger partial charge < -0.3 is 14.8 Å². The lowest BCUT2D eigenvalue weighted by atomic mass is 10.0. The standard InChI is InChI=1S/C24H34N6O3/c1-4-22(23-26-27-28-30(23)15-19-7-5-10-33-19)29(8-6-9-31)14-18-13-20-17(3)11-16(2)12-21(20)25-24(18)32/h11-13,19,22,31H,4-10,14-15H2,1-3H3,(H,25,32)/t19-,22+/m1/s1. The van der Waals surface area contributed by atoms with Crippen LogP contribution in [0, 0.1) is 13.8 Å². The number of tetrazole rings is 1. The number of hydrogen-bond acceptors (Lipinski definition) is 7. The second-order valence-corrected chi connectivity index (χ2v) is 8.99. The molecule has 2 aromatic heterocycles. The summed E-state index contributed by atoms with van der Waals surface area (Å²) in [5.41, 5.74) is 3.73. The minimum Gasteiger partial charge on any atom is -0.396 e. The maximum Gasteiger partial charge on any atom is 0.252 e. The molecule has 0 spiro atoms. The molecule has 9 nitrogen and oxygen atoms in total. The Morgan fingerprint density at radius 1 is 1.33 bits per heavy atom. The Morgan fingerprint density at radius 3 is 2.91 bits per heavy atom. The number of aromatic amines is 1. The molecule has 9 heteroatoms. The summed E-state index contributed by atoms with van der Waals surface area (Å²) in [4.78, 5) is 18.2. The quantitative estimate of drug-likeness (QED) is 0.485. The zero-order valence-electron chi connectivity index (χ0n) is 19.8. The van der Waals surface area contributed by atoms with Crippen molar-refractivity contribution in [1.29, 1.82) is 0 Å². The lowest BCUT2D eigenvalue weighted by Crippen LogP contribution is -2.34. The highest BCUT2D eigenvalue weighted by Crippen LogP contribution is 2.26. The lowest BCUT2D eigenvalue weighted by molar-refractivity contribution is 0.0888. The van der Waals surface area contributed by atoms with Gasteiger partial charge in [0.05, 0.1) is 18.7 Å². The van der Waals surface area contributed by atoms with E-state index in [1.807, 2.05) is 23.7 Å². The molecule has 0 saturated carbocycles. The van der Waals surface area contributed by atoms with E-state index in [0.717, 1.165) is 53.7 Å². The van der Waals surface area contributed by atoms with Crippen molar-refractivity contribution in [2.24, 2.45) is 0 Å². The Kier molecular flexibility index (Phi) is 7.52. The largest absolute Gasteiger partial charge is 0.396 e. The van der Waals surface area contributed by atoms with Gasteiger partial charge >= 0.3 is 0 Å². The minimum atomic E-state index is -0.0877. The molecule has 1 saturated heterocycles. The number of H-pyrrole nitrogens is 1. The number of fused-ring (bicyclic) bond motifs is 1. The summed E-state index contributed by atoms with van der Waals surface area (Å²) in [5.74, 6) is 0.773. The summed E-state index contributed by atoms with van der Waals surface area (Å²) in [7, 11) is 0. The number of hydrogen-bond donors (Lipinski definition) is 2. The fourth-order valence-electron chi connectivity index (χ4n) is 4.84. The maximum absolute atomic E-state index is 13.0. The van der Waals surface area contributed by atoms with E-state index in [0.29, 0.717) is 31.6 Å². The second-order valence-electron chi connectivity index (χ2n) is 8.99. The summed E-state index contributed by atoms with van der Waals surface area (Å²) < 4.78 is 7.62. The number of pyridine rings is 1. The molecule has 2 N–H and O–H groups in total. The van der Waals surface area contributed by atoms with Crippen LogP contribution >= 0.6 is 0 Å². The van der Waals surface area contributed by atoms with Crippen LogP contribution in [-0.2, 0) is 17.8 Å². The number of aromatic nitrogens is 5. The predicted molar refractivity (Wildman–Crippen MR) is 126 cm³/mol. The first-order chi connectivity index (χ1) is 16.0. The highest BCUT2D eigenvalue weighted by atomic mass is 16.5. The van der Waals surface area contributed by atoms with E-state index in [1.54, 1.807) is 0 Å². The van der Waals surface area contributed by atoms with Crippen LogP contribution in [-0.4, -0.2) is 61.1 Å². The number of nitrogens with one attached hydrogen (secondary N) is 1. The van der Waals surface area contributed by atoms with Gasteiger partial charge in [-0.2, -0.15) is 0 Å². The number of aliphatic hydroxyl groups excluding tert-OH is 1.